The number of amides is 1. The molecular formula is C13H18FNOS. The van der Waals surface area contributed by atoms with Gasteiger partial charge in [0.05, 0.1) is 5.56 Å². The maximum atomic E-state index is 13.7. The Morgan fingerprint density at radius 3 is 2.88 bits per heavy atom. The zero-order chi connectivity index (χ0) is 12.8. The summed E-state index contributed by atoms with van der Waals surface area (Å²) in [7, 11) is 0. The highest BCUT2D eigenvalue weighted by molar-refractivity contribution is 7.99. The summed E-state index contributed by atoms with van der Waals surface area (Å²) in [6, 6.07) is 4.91. The van der Waals surface area contributed by atoms with Gasteiger partial charge in [-0.1, -0.05) is 19.1 Å². The van der Waals surface area contributed by atoms with Gasteiger partial charge >= 0.3 is 0 Å². The second kappa shape index (κ2) is 6.64. The third-order valence-corrected chi connectivity index (χ3v) is 3.53. The second-order valence-electron chi connectivity index (χ2n) is 3.97. The number of carbonyl (C=O) groups is 1. The number of nitrogens with one attached hydrogen (secondary N) is 1. The number of halogens is 1. The van der Waals surface area contributed by atoms with E-state index in [4.69, 9.17) is 0 Å². The van der Waals surface area contributed by atoms with Crippen LogP contribution in [0.25, 0.3) is 0 Å². The molecule has 0 aliphatic carbocycles. The van der Waals surface area contributed by atoms with Crippen molar-refractivity contribution >= 4 is 17.7 Å². The van der Waals surface area contributed by atoms with E-state index in [1.807, 2.05) is 6.92 Å². The van der Waals surface area contributed by atoms with Gasteiger partial charge in [0.2, 0.25) is 0 Å². The van der Waals surface area contributed by atoms with Gasteiger partial charge in [-0.05, 0) is 31.2 Å². The van der Waals surface area contributed by atoms with Crippen molar-refractivity contribution in [2.45, 2.75) is 26.8 Å². The minimum atomic E-state index is -0.430. The molecule has 0 aromatic heterocycles. The van der Waals surface area contributed by atoms with Crippen LogP contribution in [0.4, 0.5) is 4.39 Å². The Bertz CT molecular complexity index is 395. The van der Waals surface area contributed by atoms with Gasteiger partial charge in [-0.25, -0.2) is 4.39 Å². The molecule has 94 valence electrons. The SMILES string of the molecule is CCSCC(C)NC(=O)c1cccc(C)c1F. The van der Waals surface area contributed by atoms with E-state index in [2.05, 4.69) is 12.2 Å². The molecule has 1 aromatic rings. The second-order valence-corrected chi connectivity index (χ2v) is 5.29. The minimum absolute atomic E-state index is 0.0485. The zero-order valence-electron chi connectivity index (χ0n) is 10.4. The number of hydrogen-bond donors (Lipinski definition) is 1. The number of carbonyl (C=O) groups excluding carboxylic acids is 1. The number of thioether (sulfide) groups is 1. The molecule has 0 aliphatic rings. The summed E-state index contributed by atoms with van der Waals surface area (Å²) < 4.78 is 13.7. The monoisotopic (exact) mass is 255 g/mol. The topological polar surface area (TPSA) is 29.1 Å². The van der Waals surface area contributed by atoms with Crippen LogP contribution < -0.4 is 5.32 Å². The normalized spacial score (nSPS) is 12.2. The Labute approximate surface area is 106 Å². The van der Waals surface area contributed by atoms with Crippen LogP contribution >= 0.6 is 11.8 Å². The summed E-state index contributed by atoms with van der Waals surface area (Å²) in [5.74, 6) is 1.09. The molecule has 1 aromatic carbocycles. The van der Waals surface area contributed by atoms with Gasteiger partial charge < -0.3 is 5.32 Å². The van der Waals surface area contributed by atoms with Crippen molar-refractivity contribution in [3.8, 4) is 0 Å². The van der Waals surface area contributed by atoms with E-state index in [1.54, 1.807) is 30.8 Å². The molecule has 1 N–H and O–H groups in total. The molecule has 0 heterocycles. The van der Waals surface area contributed by atoms with Crippen molar-refractivity contribution in [2.75, 3.05) is 11.5 Å². The third-order valence-electron chi connectivity index (χ3n) is 2.39. The highest BCUT2D eigenvalue weighted by Crippen LogP contribution is 2.12. The van der Waals surface area contributed by atoms with Crippen LogP contribution in [0.1, 0.15) is 29.8 Å². The van der Waals surface area contributed by atoms with Crippen molar-refractivity contribution in [3.05, 3.63) is 35.1 Å². The number of aryl methyl sites for hydroxylation is 1. The lowest BCUT2D eigenvalue weighted by Crippen LogP contribution is -2.34. The summed E-state index contributed by atoms with van der Waals surface area (Å²) in [5, 5.41) is 2.80. The Morgan fingerprint density at radius 2 is 2.24 bits per heavy atom. The fourth-order valence-corrected chi connectivity index (χ4v) is 2.13. The van der Waals surface area contributed by atoms with E-state index >= 15 is 0 Å². The average Bonchev–Trinajstić information content (AvgIpc) is 2.29. The first-order chi connectivity index (χ1) is 8.06. The lowest BCUT2D eigenvalue weighted by Gasteiger charge is -2.13. The van der Waals surface area contributed by atoms with Gasteiger partial charge in [-0.2, -0.15) is 11.8 Å². The molecule has 0 spiro atoms. The molecule has 2 nitrogen and oxygen atoms in total. The minimum Gasteiger partial charge on any atom is -0.349 e. The smallest absolute Gasteiger partial charge is 0.254 e. The largest absolute Gasteiger partial charge is 0.349 e. The fraction of sp³-hybridized carbons (Fsp3) is 0.462. The maximum Gasteiger partial charge on any atom is 0.254 e. The van der Waals surface area contributed by atoms with Crippen LogP contribution in [-0.4, -0.2) is 23.5 Å². The zero-order valence-corrected chi connectivity index (χ0v) is 11.2. The molecule has 0 radical (unpaired) electrons. The Balaban J connectivity index is 2.67. The Hall–Kier alpha value is -1.03. The molecule has 0 fully saturated rings. The molecule has 1 amide bonds. The van der Waals surface area contributed by atoms with E-state index in [0.29, 0.717) is 5.56 Å². The molecule has 1 rings (SSSR count). The first kappa shape index (κ1) is 14.0. The fourth-order valence-electron chi connectivity index (χ4n) is 1.46. The van der Waals surface area contributed by atoms with E-state index < -0.39 is 5.82 Å². The molecule has 17 heavy (non-hydrogen) atoms. The predicted octanol–water partition coefficient (Wildman–Crippen LogP) is 3.01. The number of hydrogen-bond acceptors (Lipinski definition) is 2. The summed E-state index contributed by atoms with van der Waals surface area (Å²) in [4.78, 5) is 11.8. The quantitative estimate of drug-likeness (QED) is 0.876. The molecule has 1 atom stereocenters. The van der Waals surface area contributed by atoms with Gasteiger partial charge in [0.25, 0.3) is 5.91 Å². The lowest BCUT2D eigenvalue weighted by molar-refractivity contribution is 0.0939. The van der Waals surface area contributed by atoms with Crippen LogP contribution in [0.2, 0.25) is 0 Å². The number of benzene rings is 1. The van der Waals surface area contributed by atoms with Gasteiger partial charge in [0, 0.05) is 11.8 Å². The van der Waals surface area contributed by atoms with Crippen LogP contribution in [0.3, 0.4) is 0 Å². The standard InChI is InChI=1S/C13H18FNOS/c1-4-17-8-10(3)15-13(16)11-7-5-6-9(2)12(11)14/h5-7,10H,4,8H2,1-3H3,(H,15,16). The van der Waals surface area contributed by atoms with E-state index in [0.717, 1.165) is 11.5 Å². The highest BCUT2D eigenvalue weighted by Gasteiger charge is 2.14. The third kappa shape index (κ3) is 4.04. The van der Waals surface area contributed by atoms with Gasteiger partial charge in [0.15, 0.2) is 0 Å². The Morgan fingerprint density at radius 1 is 1.53 bits per heavy atom. The average molecular weight is 255 g/mol. The van der Waals surface area contributed by atoms with Crippen LogP contribution in [0.5, 0.6) is 0 Å². The van der Waals surface area contributed by atoms with Crippen LogP contribution in [0, 0.1) is 12.7 Å². The molecular weight excluding hydrogens is 237 g/mol. The summed E-state index contributed by atoms with van der Waals surface area (Å²) in [6.45, 7) is 5.65. The maximum absolute atomic E-state index is 13.7. The van der Waals surface area contributed by atoms with E-state index in [1.165, 1.54) is 6.07 Å². The molecule has 4 heteroatoms. The molecule has 0 saturated heterocycles. The summed E-state index contributed by atoms with van der Waals surface area (Å²) in [6.07, 6.45) is 0. The molecule has 1 unspecified atom stereocenters. The highest BCUT2D eigenvalue weighted by atomic mass is 32.2. The van der Waals surface area contributed by atoms with Gasteiger partial charge in [-0.15, -0.1) is 0 Å². The lowest BCUT2D eigenvalue weighted by atomic mass is 10.1. The Kier molecular flexibility index (Phi) is 5.48. The van der Waals surface area contributed by atoms with Crippen molar-refractivity contribution in [3.63, 3.8) is 0 Å². The molecule has 0 bridgehead atoms. The molecule has 0 aliphatic heterocycles. The van der Waals surface area contributed by atoms with Crippen molar-refractivity contribution in [1.82, 2.24) is 5.32 Å². The van der Waals surface area contributed by atoms with Crippen LogP contribution in [-0.2, 0) is 0 Å². The van der Waals surface area contributed by atoms with E-state index in [-0.39, 0.29) is 17.5 Å². The first-order valence-electron chi connectivity index (χ1n) is 5.70. The first-order valence-corrected chi connectivity index (χ1v) is 6.85. The predicted molar refractivity (Wildman–Crippen MR) is 71.1 cm³/mol. The van der Waals surface area contributed by atoms with Crippen molar-refractivity contribution in [2.24, 2.45) is 0 Å². The van der Waals surface area contributed by atoms with Gasteiger partial charge in [0.1, 0.15) is 5.82 Å². The van der Waals surface area contributed by atoms with Gasteiger partial charge in [-0.3, -0.25) is 4.79 Å². The number of rotatable bonds is 5. The van der Waals surface area contributed by atoms with Crippen molar-refractivity contribution < 1.29 is 9.18 Å². The van der Waals surface area contributed by atoms with Crippen LogP contribution in [0.15, 0.2) is 18.2 Å². The summed E-state index contributed by atoms with van der Waals surface area (Å²) >= 11 is 1.75. The van der Waals surface area contributed by atoms with Crippen molar-refractivity contribution in [1.29, 1.82) is 0 Å². The summed E-state index contributed by atoms with van der Waals surface area (Å²) in [5.41, 5.74) is 0.617. The van der Waals surface area contributed by atoms with E-state index in [9.17, 15) is 9.18 Å². The molecule has 0 saturated carbocycles.